The molecule has 1 aromatic carbocycles. The third-order valence-electron chi connectivity index (χ3n) is 3.23. The molecule has 0 spiro atoms. The lowest BCUT2D eigenvalue weighted by molar-refractivity contribution is 0.0979. The zero-order valence-electron chi connectivity index (χ0n) is 10.7. The number of ether oxygens (including phenoxy) is 1. The lowest BCUT2D eigenvalue weighted by atomic mass is 10.0. The molecule has 2 rings (SSSR count). The van der Waals surface area contributed by atoms with Crippen LogP contribution in [0.25, 0.3) is 0 Å². The van der Waals surface area contributed by atoms with Gasteiger partial charge in [0.05, 0.1) is 0 Å². The second-order valence-corrected chi connectivity index (χ2v) is 4.84. The van der Waals surface area contributed by atoms with Crippen LogP contribution in [0.2, 0.25) is 0 Å². The van der Waals surface area contributed by atoms with E-state index in [1.165, 1.54) is 5.56 Å². The van der Waals surface area contributed by atoms with Gasteiger partial charge in [0, 0.05) is 18.4 Å². The molecule has 2 nitrogen and oxygen atoms in total. The molecule has 0 amide bonds. The predicted octanol–water partition coefficient (Wildman–Crippen LogP) is 3.77. The fraction of sp³-hybridized carbons (Fsp3) is 0.533. The van der Waals surface area contributed by atoms with Gasteiger partial charge in [-0.05, 0) is 37.1 Å². The maximum absolute atomic E-state index is 12.0. The second-order valence-electron chi connectivity index (χ2n) is 4.84. The summed E-state index contributed by atoms with van der Waals surface area (Å²) >= 11 is 0. The summed E-state index contributed by atoms with van der Waals surface area (Å²) in [5.74, 6) is 1.21. The van der Waals surface area contributed by atoms with Gasteiger partial charge in [-0.25, -0.2) is 0 Å². The molecule has 0 radical (unpaired) electrons. The van der Waals surface area contributed by atoms with Gasteiger partial charge < -0.3 is 4.74 Å². The number of carbonyl (C=O) groups is 1. The number of benzene rings is 1. The molecule has 1 unspecified atom stereocenters. The van der Waals surface area contributed by atoms with E-state index in [4.69, 9.17) is 4.74 Å². The zero-order chi connectivity index (χ0) is 12.3. The van der Waals surface area contributed by atoms with Crippen LogP contribution in [-0.2, 0) is 6.42 Å². The third kappa shape index (κ3) is 2.87. The first kappa shape index (κ1) is 12.2. The third-order valence-corrected chi connectivity index (χ3v) is 3.23. The molecule has 0 saturated heterocycles. The summed E-state index contributed by atoms with van der Waals surface area (Å²) in [5.41, 5.74) is 2.02. The van der Waals surface area contributed by atoms with Gasteiger partial charge in [-0.2, -0.15) is 0 Å². The van der Waals surface area contributed by atoms with E-state index in [9.17, 15) is 4.79 Å². The van der Waals surface area contributed by atoms with Gasteiger partial charge in [0.1, 0.15) is 11.9 Å². The summed E-state index contributed by atoms with van der Waals surface area (Å²) in [7, 11) is 0. The Balaban J connectivity index is 2.03. The first-order chi connectivity index (χ1) is 8.20. The van der Waals surface area contributed by atoms with E-state index < -0.39 is 0 Å². The van der Waals surface area contributed by atoms with Crippen molar-refractivity contribution in [3.05, 3.63) is 29.3 Å². The highest BCUT2D eigenvalue weighted by atomic mass is 16.5. The Morgan fingerprint density at radius 3 is 3.00 bits per heavy atom. The molecule has 92 valence electrons. The quantitative estimate of drug-likeness (QED) is 0.570. The molecular weight excluding hydrogens is 212 g/mol. The van der Waals surface area contributed by atoms with Crippen LogP contribution in [0.5, 0.6) is 5.75 Å². The van der Waals surface area contributed by atoms with Crippen molar-refractivity contribution >= 4 is 5.78 Å². The van der Waals surface area contributed by atoms with E-state index in [-0.39, 0.29) is 11.9 Å². The Kier molecular flexibility index (Phi) is 3.82. The second kappa shape index (κ2) is 5.35. The normalized spacial score (nSPS) is 17.6. The lowest BCUT2D eigenvalue weighted by Gasteiger charge is -2.04. The van der Waals surface area contributed by atoms with Crippen LogP contribution in [-0.4, -0.2) is 11.9 Å². The number of unbranched alkanes of at least 4 members (excludes halogenated alkanes) is 2. The number of carbonyl (C=O) groups excluding carboxylic acids is 1. The van der Waals surface area contributed by atoms with Crippen molar-refractivity contribution in [2.24, 2.45) is 0 Å². The molecule has 1 atom stereocenters. The Morgan fingerprint density at radius 2 is 2.24 bits per heavy atom. The van der Waals surface area contributed by atoms with Gasteiger partial charge in [0.25, 0.3) is 0 Å². The Hall–Kier alpha value is -1.31. The van der Waals surface area contributed by atoms with Crippen LogP contribution in [0.4, 0.5) is 0 Å². The predicted molar refractivity (Wildman–Crippen MR) is 68.7 cm³/mol. The standard InChI is InChI=1S/C15H20O2/c1-3-4-5-6-14(16)12-7-8-15-13(10-12)9-11(2)17-15/h7-8,10-11H,3-6,9H2,1-2H3. The number of hydrogen-bond acceptors (Lipinski definition) is 2. The fourth-order valence-corrected chi connectivity index (χ4v) is 2.28. The van der Waals surface area contributed by atoms with Gasteiger partial charge in [0.2, 0.25) is 0 Å². The topological polar surface area (TPSA) is 26.3 Å². The van der Waals surface area contributed by atoms with E-state index in [1.54, 1.807) is 0 Å². The summed E-state index contributed by atoms with van der Waals surface area (Å²) in [4.78, 5) is 12.0. The van der Waals surface area contributed by atoms with E-state index in [0.717, 1.165) is 37.0 Å². The fourth-order valence-electron chi connectivity index (χ4n) is 2.28. The molecule has 0 aromatic heterocycles. The van der Waals surface area contributed by atoms with Crippen molar-refractivity contribution in [2.75, 3.05) is 0 Å². The molecule has 1 aliphatic heterocycles. The molecule has 0 saturated carbocycles. The summed E-state index contributed by atoms with van der Waals surface area (Å²) in [6.07, 6.45) is 5.13. The minimum absolute atomic E-state index is 0.246. The van der Waals surface area contributed by atoms with E-state index in [0.29, 0.717) is 6.42 Å². The van der Waals surface area contributed by atoms with Crippen LogP contribution < -0.4 is 4.74 Å². The van der Waals surface area contributed by atoms with E-state index >= 15 is 0 Å². The highest BCUT2D eigenvalue weighted by molar-refractivity contribution is 5.96. The zero-order valence-corrected chi connectivity index (χ0v) is 10.7. The SMILES string of the molecule is CCCCCC(=O)c1ccc2c(c1)CC(C)O2. The molecule has 0 bridgehead atoms. The van der Waals surface area contributed by atoms with Gasteiger partial charge in [0.15, 0.2) is 5.78 Å². The first-order valence-electron chi connectivity index (χ1n) is 6.53. The molecule has 0 fully saturated rings. The van der Waals surface area contributed by atoms with Gasteiger partial charge in [-0.15, -0.1) is 0 Å². The van der Waals surface area contributed by atoms with Crippen molar-refractivity contribution in [3.63, 3.8) is 0 Å². The summed E-state index contributed by atoms with van der Waals surface area (Å²) < 4.78 is 5.63. The Morgan fingerprint density at radius 1 is 1.41 bits per heavy atom. The molecule has 1 aliphatic rings. The molecule has 1 aromatic rings. The molecular formula is C15H20O2. The Labute approximate surface area is 103 Å². The molecule has 2 heteroatoms. The summed E-state index contributed by atoms with van der Waals surface area (Å²) in [6, 6.07) is 5.84. The first-order valence-corrected chi connectivity index (χ1v) is 6.53. The number of Topliss-reactive ketones (excluding diaryl/α,β-unsaturated/α-hetero) is 1. The van der Waals surface area contributed by atoms with Gasteiger partial charge in [-0.3, -0.25) is 4.79 Å². The molecule has 0 aliphatic carbocycles. The average molecular weight is 232 g/mol. The summed E-state index contributed by atoms with van der Waals surface area (Å²) in [6.45, 7) is 4.21. The highest BCUT2D eigenvalue weighted by Crippen LogP contribution is 2.29. The monoisotopic (exact) mass is 232 g/mol. The smallest absolute Gasteiger partial charge is 0.162 e. The van der Waals surface area contributed by atoms with Crippen molar-refractivity contribution in [1.82, 2.24) is 0 Å². The van der Waals surface area contributed by atoms with Crippen molar-refractivity contribution < 1.29 is 9.53 Å². The Bertz CT molecular complexity index is 409. The number of fused-ring (bicyclic) bond motifs is 1. The van der Waals surface area contributed by atoms with Crippen molar-refractivity contribution in [3.8, 4) is 5.75 Å². The lowest BCUT2D eigenvalue weighted by Crippen LogP contribution is -2.05. The van der Waals surface area contributed by atoms with Crippen LogP contribution in [0.15, 0.2) is 18.2 Å². The largest absolute Gasteiger partial charge is 0.490 e. The van der Waals surface area contributed by atoms with E-state index in [1.807, 2.05) is 18.2 Å². The van der Waals surface area contributed by atoms with Crippen LogP contribution in [0, 0.1) is 0 Å². The maximum Gasteiger partial charge on any atom is 0.162 e. The number of hydrogen-bond donors (Lipinski definition) is 0. The highest BCUT2D eigenvalue weighted by Gasteiger charge is 2.20. The van der Waals surface area contributed by atoms with E-state index in [2.05, 4.69) is 13.8 Å². The van der Waals surface area contributed by atoms with Crippen LogP contribution in [0.3, 0.4) is 0 Å². The van der Waals surface area contributed by atoms with Crippen molar-refractivity contribution in [2.45, 2.75) is 52.1 Å². The van der Waals surface area contributed by atoms with Gasteiger partial charge >= 0.3 is 0 Å². The number of rotatable bonds is 5. The van der Waals surface area contributed by atoms with Crippen LogP contribution >= 0.6 is 0 Å². The van der Waals surface area contributed by atoms with Gasteiger partial charge in [-0.1, -0.05) is 19.8 Å². The molecule has 1 heterocycles. The van der Waals surface area contributed by atoms with Crippen LogP contribution in [0.1, 0.15) is 55.5 Å². The molecule has 0 N–H and O–H groups in total. The minimum Gasteiger partial charge on any atom is -0.490 e. The average Bonchev–Trinajstić information content (AvgIpc) is 2.68. The summed E-state index contributed by atoms with van der Waals surface area (Å²) in [5, 5.41) is 0. The minimum atomic E-state index is 0.246. The molecule has 17 heavy (non-hydrogen) atoms. The maximum atomic E-state index is 12.0. The number of ketones is 1. The van der Waals surface area contributed by atoms with Crippen molar-refractivity contribution in [1.29, 1.82) is 0 Å².